The molecule has 7 nitrogen and oxygen atoms in total. The van der Waals surface area contributed by atoms with Gasteiger partial charge in [0.15, 0.2) is 16.6 Å². The molecule has 26 heavy (non-hydrogen) atoms. The maximum absolute atomic E-state index is 12.9. The van der Waals surface area contributed by atoms with Crippen LogP contribution in [0, 0.1) is 0 Å². The summed E-state index contributed by atoms with van der Waals surface area (Å²) >= 11 is 5.36. The topological polar surface area (TPSA) is 71.1 Å². The monoisotopic (exact) mass is 397 g/mol. The van der Waals surface area contributed by atoms with Gasteiger partial charge in [-0.1, -0.05) is 12.2 Å². The molecule has 0 amide bonds. The summed E-state index contributed by atoms with van der Waals surface area (Å²) < 4.78 is 38.3. The van der Waals surface area contributed by atoms with Gasteiger partial charge in [0.2, 0.25) is 10.0 Å². The molecule has 0 unspecified atom stereocenters. The molecular weight excluding hydrogens is 374 g/mol. The van der Waals surface area contributed by atoms with Gasteiger partial charge in [0.05, 0.1) is 4.90 Å². The van der Waals surface area contributed by atoms with E-state index in [-0.39, 0.29) is 4.90 Å². The molecule has 0 aromatic heterocycles. The highest BCUT2D eigenvalue weighted by molar-refractivity contribution is 7.89. The molecule has 2 aliphatic rings. The SMILES string of the molecule is C=C(C)CNC(=S)N1CCN(S(=O)(=O)c2ccc3c(c2)OCCO3)CC1. The van der Waals surface area contributed by atoms with Gasteiger partial charge in [0, 0.05) is 38.8 Å². The van der Waals surface area contributed by atoms with Gasteiger partial charge in [0.25, 0.3) is 0 Å². The smallest absolute Gasteiger partial charge is 0.243 e. The molecule has 0 saturated carbocycles. The summed E-state index contributed by atoms with van der Waals surface area (Å²) in [6.07, 6.45) is 0. The van der Waals surface area contributed by atoms with Crippen molar-refractivity contribution in [2.24, 2.45) is 0 Å². The maximum atomic E-state index is 12.9. The zero-order chi connectivity index (χ0) is 18.7. The lowest BCUT2D eigenvalue weighted by Crippen LogP contribution is -2.53. The third-order valence-corrected chi connectivity index (χ3v) is 6.52. The van der Waals surface area contributed by atoms with E-state index in [0.717, 1.165) is 5.57 Å². The predicted octanol–water partition coefficient (Wildman–Crippen LogP) is 1.21. The van der Waals surface area contributed by atoms with Gasteiger partial charge in [-0.2, -0.15) is 4.31 Å². The minimum absolute atomic E-state index is 0.221. The Morgan fingerprint density at radius 3 is 2.50 bits per heavy atom. The molecule has 0 bridgehead atoms. The van der Waals surface area contributed by atoms with Crippen molar-refractivity contribution >= 4 is 27.4 Å². The number of piperazine rings is 1. The fraction of sp³-hybridized carbons (Fsp3) is 0.471. The van der Waals surface area contributed by atoms with E-state index in [4.69, 9.17) is 21.7 Å². The Labute approximate surface area is 159 Å². The van der Waals surface area contributed by atoms with Crippen molar-refractivity contribution in [3.8, 4) is 11.5 Å². The average molecular weight is 398 g/mol. The Balaban J connectivity index is 1.65. The van der Waals surface area contributed by atoms with Gasteiger partial charge < -0.3 is 19.7 Å². The maximum Gasteiger partial charge on any atom is 0.243 e. The molecule has 142 valence electrons. The summed E-state index contributed by atoms with van der Waals surface area (Å²) in [6.45, 7) is 9.13. The summed E-state index contributed by atoms with van der Waals surface area (Å²) in [4.78, 5) is 2.20. The zero-order valence-corrected chi connectivity index (χ0v) is 16.4. The summed E-state index contributed by atoms with van der Waals surface area (Å²) in [7, 11) is -3.58. The number of thiocarbonyl (C=S) groups is 1. The predicted molar refractivity (Wildman–Crippen MR) is 103 cm³/mol. The minimum Gasteiger partial charge on any atom is -0.486 e. The third kappa shape index (κ3) is 4.11. The highest BCUT2D eigenvalue weighted by Crippen LogP contribution is 2.33. The second-order valence-corrected chi connectivity index (χ2v) is 8.64. The van der Waals surface area contributed by atoms with E-state index in [1.807, 2.05) is 11.8 Å². The number of nitrogens with one attached hydrogen (secondary N) is 1. The first-order chi connectivity index (χ1) is 12.4. The molecule has 0 radical (unpaired) electrons. The van der Waals surface area contributed by atoms with Gasteiger partial charge in [0.1, 0.15) is 13.2 Å². The van der Waals surface area contributed by atoms with Crippen molar-refractivity contribution in [2.75, 3.05) is 45.9 Å². The lowest BCUT2D eigenvalue weighted by molar-refractivity contribution is 0.171. The lowest BCUT2D eigenvalue weighted by Gasteiger charge is -2.35. The number of fused-ring (bicyclic) bond motifs is 1. The number of hydrogen-bond acceptors (Lipinski definition) is 5. The first-order valence-corrected chi connectivity index (χ1v) is 10.3. The second kappa shape index (κ2) is 7.81. The van der Waals surface area contributed by atoms with E-state index < -0.39 is 10.0 Å². The Kier molecular flexibility index (Phi) is 5.69. The molecule has 2 heterocycles. The molecular formula is C17H23N3O4S2. The van der Waals surface area contributed by atoms with Crippen molar-refractivity contribution in [1.29, 1.82) is 0 Å². The number of rotatable bonds is 4. The van der Waals surface area contributed by atoms with Crippen molar-refractivity contribution in [2.45, 2.75) is 11.8 Å². The van der Waals surface area contributed by atoms with Crippen LogP contribution in [-0.4, -0.2) is 68.7 Å². The molecule has 1 aromatic rings. The van der Waals surface area contributed by atoms with E-state index in [2.05, 4.69) is 11.9 Å². The second-order valence-electron chi connectivity index (χ2n) is 6.31. The number of benzene rings is 1. The van der Waals surface area contributed by atoms with E-state index in [1.54, 1.807) is 12.1 Å². The van der Waals surface area contributed by atoms with Crippen LogP contribution >= 0.6 is 12.2 Å². The van der Waals surface area contributed by atoms with E-state index in [9.17, 15) is 8.42 Å². The van der Waals surface area contributed by atoms with Crippen LogP contribution < -0.4 is 14.8 Å². The van der Waals surface area contributed by atoms with Crippen LogP contribution in [0.15, 0.2) is 35.2 Å². The van der Waals surface area contributed by atoms with Gasteiger partial charge in [-0.25, -0.2) is 8.42 Å². The van der Waals surface area contributed by atoms with E-state index in [1.165, 1.54) is 10.4 Å². The van der Waals surface area contributed by atoms with Crippen LogP contribution in [-0.2, 0) is 10.0 Å². The summed E-state index contributed by atoms with van der Waals surface area (Å²) in [5.74, 6) is 1.05. The largest absolute Gasteiger partial charge is 0.486 e. The molecule has 9 heteroatoms. The van der Waals surface area contributed by atoms with Gasteiger partial charge in [-0.3, -0.25) is 0 Å². The number of ether oxygens (including phenoxy) is 2. The summed E-state index contributed by atoms with van der Waals surface area (Å²) in [5.41, 5.74) is 0.993. The molecule has 0 atom stereocenters. The number of hydrogen-bond donors (Lipinski definition) is 1. The highest BCUT2D eigenvalue weighted by atomic mass is 32.2. The Morgan fingerprint density at radius 1 is 1.19 bits per heavy atom. The molecule has 0 spiro atoms. The summed E-state index contributed by atoms with van der Waals surface area (Å²) in [6, 6.07) is 4.75. The Morgan fingerprint density at radius 2 is 1.85 bits per heavy atom. The van der Waals surface area contributed by atoms with Crippen LogP contribution in [0.1, 0.15) is 6.92 Å². The highest BCUT2D eigenvalue weighted by Gasteiger charge is 2.30. The van der Waals surface area contributed by atoms with Crippen LogP contribution in [0.5, 0.6) is 11.5 Å². The van der Waals surface area contributed by atoms with Crippen LogP contribution in [0.25, 0.3) is 0 Å². The van der Waals surface area contributed by atoms with Crippen LogP contribution in [0.2, 0.25) is 0 Å². The summed E-state index contributed by atoms with van der Waals surface area (Å²) in [5, 5.41) is 3.76. The van der Waals surface area contributed by atoms with Crippen molar-refractivity contribution < 1.29 is 17.9 Å². The van der Waals surface area contributed by atoms with E-state index >= 15 is 0 Å². The fourth-order valence-electron chi connectivity index (χ4n) is 2.80. The minimum atomic E-state index is -3.58. The number of sulfonamides is 1. The van der Waals surface area contributed by atoms with Crippen LogP contribution in [0.4, 0.5) is 0 Å². The average Bonchev–Trinajstić information content (AvgIpc) is 2.65. The molecule has 1 saturated heterocycles. The van der Waals surface area contributed by atoms with Crippen LogP contribution in [0.3, 0.4) is 0 Å². The molecule has 0 aliphatic carbocycles. The molecule has 2 aliphatic heterocycles. The fourth-order valence-corrected chi connectivity index (χ4v) is 4.50. The molecule has 1 aromatic carbocycles. The van der Waals surface area contributed by atoms with Crippen molar-refractivity contribution in [3.63, 3.8) is 0 Å². The third-order valence-electron chi connectivity index (χ3n) is 4.22. The first kappa shape index (κ1) is 18.9. The van der Waals surface area contributed by atoms with Crippen molar-refractivity contribution in [1.82, 2.24) is 14.5 Å². The normalized spacial score (nSPS) is 17.7. The Hall–Kier alpha value is -1.84. The molecule has 1 fully saturated rings. The number of nitrogens with zero attached hydrogens (tertiary/aromatic N) is 2. The Bertz CT molecular complexity index is 802. The van der Waals surface area contributed by atoms with Gasteiger partial charge in [-0.15, -0.1) is 0 Å². The van der Waals surface area contributed by atoms with Gasteiger partial charge >= 0.3 is 0 Å². The van der Waals surface area contributed by atoms with Crippen molar-refractivity contribution in [3.05, 3.63) is 30.4 Å². The zero-order valence-electron chi connectivity index (χ0n) is 14.7. The first-order valence-electron chi connectivity index (χ1n) is 8.45. The standard InChI is InChI=1S/C17H23N3O4S2/c1-13(2)12-18-17(25)19-5-7-20(8-6-19)26(21,22)14-3-4-15-16(11-14)24-10-9-23-15/h3-4,11H,1,5-10,12H2,2H3,(H,18,25). The molecule has 3 rings (SSSR count). The lowest BCUT2D eigenvalue weighted by atomic mass is 10.3. The molecule has 1 N–H and O–H groups in total. The van der Waals surface area contributed by atoms with E-state index in [0.29, 0.717) is 62.5 Å². The quantitative estimate of drug-likeness (QED) is 0.605. The van der Waals surface area contributed by atoms with Gasteiger partial charge in [-0.05, 0) is 31.3 Å².